The molecular formula is C28H35FN4O3. The smallest absolute Gasteiger partial charge is 0.271 e. The summed E-state index contributed by atoms with van der Waals surface area (Å²) in [6.07, 6.45) is 7.82. The van der Waals surface area contributed by atoms with E-state index in [0.717, 1.165) is 24.9 Å². The summed E-state index contributed by atoms with van der Waals surface area (Å²) in [4.78, 5) is 35.5. The fourth-order valence-corrected chi connectivity index (χ4v) is 6.25. The van der Waals surface area contributed by atoms with Crippen LogP contribution in [0.25, 0.3) is 11.1 Å². The highest BCUT2D eigenvalue weighted by atomic mass is 19.1. The molecule has 2 atom stereocenters. The third-order valence-corrected chi connectivity index (χ3v) is 8.16. The van der Waals surface area contributed by atoms with Crippen molar-refractivity contribution in [2.75, 3.05) is 27.2 Å². The molecule has 3 fully saturated rings. The van der Waals surface area contributed by atoms with Gasteiger partial charge < -0.3 is 14.9 Å². The number of aromatic nitrogens is 1. The Morgan fingerprint density at radius 2 is 1.97 bits per heavy atom. The van der Waals surface area contributed by atoms with E-state index in [-0.39, 0.29) is 17.6 Å². The minimum atomic E-state index is -0.690. The number of benzene rings is 1. The molecule has 1 saturated carbocycles. The van der Waals surface area contributed by atoms with E-state index >= 15 is 4.39 Å². The van der Waals surface area contributed by atoms with Crippen molar-refractivity contribution in [2.24, 2.45) is 0 Å². The number of aliphatic hydroxyl groups is 1. The Hall–Kier alpha value is -2.84. The summed E-state index contributed by atoms with van der Waals surface area (Å²) in [6.45, 7) is 1.56. The van der Waals surface area contributed by atoms with Gasteiger partial charge in [0.15, 0.2) is 0 Å². The first-order valence-electron chi connectivity index (χ1n) is 13.0. The molecule has 1 unspecified atom stereocenters. The lowest BCUT2D eigenvalue weighted by atomic mass is 9.91. The number of amides is 2. The topological polar surface area (TPSA) is 77.0 Å². The Balaban J connectivity index is 1.32. The van der Waals surface area contributed by atoms with Crippen LogP contribution in [-0.4, -0.2) is 81.5 Å². The fraction of sp³-hybridized carbons (Fsp3) is 0.536. The van der Waals surface area contributed by atoms with Gasteiger partial charge in [-0.25, -0.2) is 4.39 Å². The predicted octanol–water partition coefficient (Wildman–Crippen LogP) is 3.46. The van der Waals surface area contributed by atoms with E-state index in [2.05, 4.69) is 14.8 Å². The van der Waals surface area contributed by atoms with Crippen LogP contribution in [0.4, 0.5) is 4.39 Å². The highest BCUT2D eigenvalue weighted by Crippen LogP contribution is 2.42. The second kappa shape index (κ2) is 9.90. The van der Waals surface area contributed by atoms with Crippen LogP contribution in [0, 0.1) is 5.82 Å². The van der Waals surface area contributed by atoms with E-state index in [4.69, 9.17) is 0 Å². The lowest BCUT2D eigenvalue weighted by Gasteiger charge is -2.36. The second-order valence-electron chi connectivity index (χ2n) is 10.8. The Bertz CT molecular complexity index is 1130. The number of hydrogen-bond donors (Lipinski definition) is 1. The minimum absolute atomic E-state index is 0.140. The number of β-amino-alcohol motifs (C(OH)–C–C–N with tert-alkyl or cyclic N) is 1. The summed E-state index contributed by atoms with van der Waals surface area (Å²) in [7, 11) is 3.32. The monoisotopic (exact) mass is 494 g/mol. The first-order valence-corrected chi connectivity index (χ1v) is 13.0. The summed E-state index contributed by atoms with van der Waals surface area (Å²) in [5, 5.41) is 10.5. The first kappa shape index (κ1) is 24.8. The van der Waals surface area contributed by atoms with Gasteiger partial charge in [0.2, 0.25) is 5.91 Å². The van der Waals surface area contributed by atoms with Gasteiger partial charge >= 0.3 is 0 Å². The number of nitrogens with zero attached hydrogens (tertiary/aromatic N) is 4. The molecule has 3 heterocycles. The van der Waals surface area contributed by atoms with Crippen LogP contribution in [0.1, 0.15) is 61.0 Å². The van der Waals surface area contributed by atoms with Crippen molar-refractivity contribution < 1.29 is 19.1 Å². The second-order valence-corrected chi connectivity index (χ2v) is 10.8. The summed E-state index contributed by atoms with van der Waals surface area (Å²) >= 11 is 0. The predicted molar refractivity (Wildman–Crippen MR) is 135 cm³/mol. The molecule has 2 aromatic rings. The number of carbonyl (C=O) groups excluding carboxylic acids is 2. The maximum atomic E-state index is 15.2. The van der Waals surface area contributed by atoms with Gasteiger partial charge in [-0.3, -0.25) is 19.5 Å². The molecular weight excluding hydrogens is 459 g/mol. The van der Waals surface area contributed by atoms with Crippen molar-refractivity contribution in [2.45, 2.75) is 69.2 Å². The van der Waals surface area contributed by atoms with E-state index in [1.54, 1.807) is 32.3 Å². The number of rotatable bonds is 5. The first-order chi connectivity index (χ1) is 17.3. The molecule has 1 aliphatic carbocycles. The molecule has 1 N–H and O–H groups in total. The van der Waals surface area contributed by atoms with Crippen molar-refractivity contribution in [3.8, 4) is 11.1 Å². The number of halogens is 1. The maximum Gasteiger partial charge on any atom is 0.271 e. The van der Waals surface area contributed by atoms with Gasteiger partial charge in [0.05, 0.1) is 6.10 Å². The Labute approximate surface area is 211 Å². The summed E-state index contributed by atoms with van der Waals surface area (Å²) in [5.74, 6) is -0.444. The van der Waals surface area contributed by atoms with Crippen molar-refractivity contribution in [1.29, 1.82) is 0 Å². The normalized spacial score (nSPS) is 25.2. The molecule has 3 aliphatic rings. The van der Waals surface area contributed by atoms with Crippen molar-refractivity contribution in [3.63, 3.8) is 0 Å². The van der Waals surface area contributed by atoms with Gasteiger partial charge in [0, 0.05) is 63.5 Å². The Morgan fingerprint density at radius 3 is 2.64 bits per heavy atom. The van der Waals surface area contributed by atoms with Crippen molar-refractivity contribution >= 4 is 11.8 Å². The van der Waals surface area contributed by atoms with Crippen LogP contribution in [0.2, 0.25) is 0 Å². The number of pyridine rings is 1. The lowest BCUT2D eigenvalue weighted by molar-refractivity contribution is -0.139. The fourth-order valence-electron chi connectivity index (χ4n) is 6.25. The third kappa shape index (κ3) is 4.52. The number of aliphatic hydroxyl groups excluding tert-OH is 1. The van der Waals surface area contributed by atoms with Crippen LogP contribution in [-0.2, 0) is 11.3 Å². The molecule has 2 aliphatic heterocycles. The van der Waals surface area contributed by atoms with Crippen LogP contribution in [0.5, 0.6) is 0 Å². The van der Waals surface area contributed by atoms with Gasteiger partial charge in [-0.05, 0) is 37.0 Å². The highest BCUT2D eigenvalue weighted by Gasteiger charge is 2.56. The van der Waals surface area contributed by atoms with E-state index < -0.39 is 11.6 Å². The van der Waals surface area contributed by atoms with Crippen LogP contribution in [0.3, 0.4) is 0 Å². The molecule has 8 heteroatoms. The van der Waals surface area contributed by atoms with E-state index in [1.165, 1.54) is 36.4 Å². The Kier molecular flexibility index (Phi) is 6.83. The molecule has 1 spiro atoms. The average Bonchev–Trinajstić information content (AvgIpc) is 3.37. The quantitative estimate of drug-likeness (QED) is 0.689. The van der Waals surface area contributed by atoms with Crippen LogP contribution in [0.15, 0.2) is 36.5 Å². The number of likely N-dealkylation sites (tertiary alicyclic amines) is 2. The number of hydrogen-bond acceptors (Lipinski definition) is 5. The summed E-state index contributed by atoms with van der Waals surface area (Å²) in [6, 6.07) is 8.71. The highest BCUT2D eigenvalue weighted by molar-refractivity contribution is 5.92. The minimum Gasteiger partial charge on any atom is -0.392 e. The van der Waals surface area contributed by atoms with Gasteiger partial charge in [-0.2, -0.15) is 0 Å². The molecule has 1 aromatic carbocycles. The maximum absolute atomic E-state index is 15.2. The molecule has 2 saturated heterocycles. The molecule has 7 nitrogen and oxygen atoms in total. The van der Waals surface area contributed by atoms with E-state index in [0.29, 0.717) is 48.8 Å². The van der Waals surface area contributed by atoms with Gasteiger partial charge in [-0.15, -0.1) is 0 Å². The zero-order chi connectivity index (χ0) is 25.4. The zero-order valence-corrected chi connectivity index (χ0v) is 21.1. The molecule has 36 heavy (non-hydrogen) atoms. The SMILES string of the molecule is CN(C)C(=O)c1ccc(-c2ccc(CN3C[C@H](O)CC34CCN(C3CCCCC3)C4=O)cc2F)cn1. The van der Waals surface area contributed by atoms with E-state index in [1.807, 2.05) is 6.07 Å². The van der Waals surface area contributed by atoms with Gasteiger partial charge in [0.25, 0.3) is 5.91 Å². The standard InChI is InChI=1S/C28H35FN4O3/c1-31(2)26(35)25-11-9-20(16-30-25)23-10-8-19(14-24(23)29)17-32-18-22(34)15-28(32)12-13-33(27(28)36)21-6-4-3-5-7-21/h8-11,14,16,21-22,34H,3-7,12-13,15,17-18H2,1-2H3/t22-,28?/m1/s1. The molecule has 2 amide bonds. The van der Waals surface area contributed by atoms with Crippen LogP contribution < -0.4 is 0 Å². The largest absolute Gasteiger partial charge is 0.392 e. The zero-order valence-electron chi connectivity index (χ0n) is 21.1. The average molecular weight is 495 g/mol. The van der Waals surface area contributed by atoms with Crippen molar-refractivity contribution in [3.05, 3.63) is 53.6 Å². The lowest BCUT2D eigenvalue weighted by Crippen LogP contribution is -2.51. The number of carbonyl (C=O) groups is 2. The van der Waals surface area contributed by atoms with Gasteiger partial charge in [-0.1, -0.05) is 37.5 Å². The molecule has 0 bridgehead atoms. The van der Waals surface area contributed by atoms with Gasteiger partial charge in [0.1, 0.15) is 17.1 Å². The van der Waals surface area contributed by atoms with Crippen molar-refractivity contribution in [1.82, 2.24) is 19.7 Å². The molecule has 192 valence electrons. The van der Waals surface area contributed by atoms with E-state index in [9.17, 15) is 14.7 Å². The molecule has 0 radical (unpaired) electrons. The summed E-state index contributed by atoms with van der Waals surface area (Å²) in [5.41, 5.74) is 1.39. The summed E-state index contributed by atoms with van der Waals surface area (Å²) < 4.78 is 15.2. The Morgan fingerprint density at radius 1 is 1.19 bits per heavy atom. The third-order valence-electron chi connectivity index (χ3n) is 8.16. The van der Waals surface area contributed by atoms with Crippen LogP contribution >= 0.6 is 0 Å². The molecule has 1 aromatic heterocycles. The molecule has 5 rings (SSSR count).